The summed E-state index contributed by atoms with van der Waals surface area (Å²) in [4.78, 5) is 14.8. The lowest BCUT2D eigenvalue weighted by molar-refractivity contribution is -0.125. The maximum absolute atomic E-state index is 12.5. The monoisotopic (exact) mass is 289 g/mol. The van der Waals surface area contributed by atoms with E-state index in [0.717, 1.165) is 31.7 Å². The third kappa shape index (κ3) is 4.29. The SMILES string of the molecule is CC1CCN(CC(C)(C)C(=O)Nc2ccccc2)CC1N. The molecule has 4 nitrogen and oxygen atoms in total. The summed E-state index contributed by atoms with van der Waals surface area (Å²) in [6, 6.07) is 9.82. The molecule has 1 heterocycles. The number of nitrogens with one attached hydrogen (secondary N) is 1. The maximum atomic E-state index is 12.5. The van der Waals surface area contributed by atoms with Crippen molar-refractivity contribution in [1.29, 1.82) is 0 Å². The standard InChI is InChI=1S/C17H27N3O/c1-13-9-10-20(11-15(13)18)12-17(2,3)16(21)19-14-7-5-4-6-8-14/h4-8,13,15H,9-12,18H2,1-3H3,(H,19,21). The predicted molar refractivity (Wildman–Crippen MR) is 87.0 cm³/mol. The van der Waals surface area contributed by atoms with Crippen LogP contribution in [-0.4, -0.2) is 36.5 Å². The lowest BCUT2D eigenvalue weighted by Crippen LogP contribution is -2.51. The molecule has 0 saturated carbocycles. The van der Waals surface area contributed by atoms with Gasteiger partial charge in [-0.1, -0.05) is 25.1 Å². The number of carbonyl (C=O) groups excluding carboxylic acids is 1. The number of nitrogens with zero attached hydrogens (tertiary/aromatic N) is 1. The second-order valence-corrected chi connectivity index (χ2v) is 6.87. The summed E-state index contributed by atoms with van der Waals surface area (Å²) < 4.78 is 0. The second kappa shape index (κ2) is 6.58. The summed E-state index contributed by atoms with van der Waals surface area (Å²) in [5, 5.41) is 2.99. The van der Waals surface area contributed by atoms with E-state index < -0.39 is 5.41 Å². The molecule has 0 radical (unpaired) electrons. The van der Waals surface area contributed by atoms with Crippen molar-refractivity contribution in [2.45, 2.75) is 33.2 Å². The van der Waals surface area contributed by atoms with E-state index in [1.165, 1.54) is 0 Å². The van der Waals surface area contributed by atoms with E-state index in [2.05, 4.69) is 17.1 Å². The topological polar surface area (TPSA) is 58.4 Å². The van der Waals surface area contributed by atoms with Crippen LogP contribution in [0.15, 0.2) is 30.3 Å². The molecule has 0 spiro atoms. The van der Waals surface area contributed by atoms with Gasteiger partial charge in [0, 0.05) is 24.8 Å². The Hall–Kier alpha value is -1.39. The largest absolute Gasteiger partial charge is 0.326 e. The zero-order chi connectivity index (χ0) is 15.5. The highest BCUT2D eigenvalue weighted by Gasteiger charge is 2.33. The van der Waals surface area contributed by atoms with Gasteiger partial charge in [-0.25, -0.2) is 0 Å². The molecule has 21 heavy (non-hydrogen) atoms. The Morgan fingerprint density at radius 1 is 1.38 bits per heavy atom. The summed E-state index contributed by atoms with van der Waals surface area (Å²) in [7, 11) is 0. The van der Waals surface area contributed by atoms with E-state index in [9.17, 15) is 4.79 Å². The summed E-state index contributed by atoms with van der Waals surface area (Å²) in [5.74, 6) is 0.628. The van der Waals surface area contributed by atoms with Gasteiger partial charge in [-0.15, -0.1) is 0 Å². The number of likely N-dealkylation sites (tertiary alicyclic amines) is 1. The molecule has 0 bridgehead atoms. The highest BCUT2D eigenvalue weighted by molar-refractivity contribution is 5.94. The molecular weight excluding hydrogens is 262 g/mol. The zero-order valence-electron chi connectivity index (χ0n) is 13.3. The highest BCUT2D eigenvalue weighted by Crippen LogP contribution is 2.23. The maximum Gasteiger partial charge on any atom is 0.231 e. The number of anilines is 1. The molecule has 2 rings (SSSR count). The normalized spacial score (nSPS) is 23.8. The molecule has 3 N–H and O–H groups in total. The van der Waals surface area contributed by atoms with Gasteiger partial charge in [-0.05, 0) is 44.9 Å². The van der Waals surface area contributed by atoms with Crippen molar-refractivity contribution >= 4 is 11.6 Å². The fraction of sp³-hybridized carbons (Fsp3) is 0.588. The molecule has 1 fully saturated rings. The number of amides is 1. The third-order valence-corrected chi connectivity index (χ3v) is 4.37. The average Bonchev–Trinajstić information content (AvgIpc) is 2.43. The van der Waals surface area contributed by atoms with E-state index in [4.69, 9.17) is 5.73 Å². The van der Waals surface area contributed by atoms with Crippen LogP contribution in [0.4, 0.5) is 5.69 Å². The van der Waals surface area contributed by atoms with Crippen LogP contribution in [-0.2, 0) is 4.79 Å². The molecule has 116 valence electrons. The minimum atomic E-state index is -0.434. The Kier molecular flexibility index (Phi) is 5.01. The quantitative estimate of drug-likeness (QED) is 0.894. The number of piperidine rings is 1. The molecule has 1 aromatic carbocycles. The Labute approximate surface area is 127 Å². The number of para-hydroxylation sites is 1. The number of nitrogens with two attached hydrogens (primary N) is 1. The van der Waals surface area contributed by atoms with Crippen molar-refractivity contribution in [3.63, 3.8) is 0 Å². The fourth-order valence-corrected chi connectivity index (χ4v) is 2.77. The number of carbonyl (C=O) groups is 1. The Morgan fingerprint density at radius 2 is 2.05 bits per heavy atom. The van der Waals surface area contributed by atoms with Gasteiger partial charge in [0.15, 0.2) is 0 Å². The summed E-state index contributed by atoms with van der Waals surface area (Å²) in [5.41, 5.74) is 6.56. The molecule has 2 unspecified atom stereocenters. The number of rotatable bonds is 4. The zero-order valence-corrected chi connectivity index (χ0v) is 13.3. The van der Waals surface area contributed by atoms with Crippen LogP contribution in [0.5, 0.6) is 0 Å². The molecule has 1 amide bonds. The summed E-state index contributed by atoms with van der Waals surface area (Å²) >= 11 is 0. The van der Waals surface area contributed by atoms with Crippen LogP contribution in [0.1, 0.15) is 27.2 Å². The van der Waals surface area contributed by atoms with Crippen molar-refractivity contribution in [3.8, 4) is 0 Å². The first-order valence-electron chi connectivity index (χ1n) is 7.73. The highest BCUT2D eigenvalue weighted by atomic mass is 16.2. The number of hydrogen-bond donors (Lipinski definition) is 2. The van der Waals surface area contributed by atoms with Gasteiger partial charge in [0.25, 0.3) is 0 Å². The molecule has 1 aromatic rings. The van der Waals surface area contributed by atoms with E-state index in [-0.39, 0.29) is 11.9 Å². The van der Waals surface area contributed by atoms with Gasteiger partial charge >= 0.3 is 0 Å². The van der Waals surface area contributed by atoms with E-state index in [0.29, 0.717) is 5.92 Å². The molecule has 0 aromatic heterocycles. The first-order chi connectivity index (χ1) is 9.88. The van der Waals surface area contributed by atoms with Crippen LogP contribution < -0.4 is 11.1 Å². The van der Waals surface area contributed by atoms with Gasteiger partial charge in [0.05, 0.1) is 5.41 Å². The van der Waals surface area contributed by atoms with Gasteiger partial charge in [0.1, 0.15) is 0 Å². The number of hydrogen-bond acceptors (Lipinski definition) is 3. The van der Waals surface area contributed by atoms with Crippen LogP contribution in [0.3, 0.4) is 0 Å². The smallest absolute Gasteiger partial charge is 0.231 e. The molecular formula is C17H27N3O. The summed E-state index contributed by atoms with van der Waals surface area (Å²) in [6.45, 7) is 8.84. The van der Waals surface area contributed by atoms with Crippen molar-refractivity contribution in [2.75, 3.05) is 25.0 Å². The lowest BCUT2D eigenvalue weighted by Gasteiger charge is -2.38. The molecule has 1 aliphatic rings. The third-order valence-electron chi connectivity index (χ3n) is 4.37. The van der Waals surface area contributed by atoms with Crippen molar-refractivity contribution in [3.05, 3.63) is 30.3 Å². The van der Waals surface area contributed by atoms with Crippen LogP contribution in [0, 0.1) is 11.3 Å². The fourth-order valence-electron chi connectivity index (χ4n) is 2.77. The minimum Gasteiger partial charge on any atom is -0.326 e. The van der Waals surface area contributed by atoms with E-state index >= 15 is 0 Å². The van der Waals surface area contributed by atoms with Gasteiger partial charge < -0.3 is 16.0 Å². The summed E-state index contributed by atoms with van der Waals surface area (Å²) in [6.07, 6.45) is 1.11. The Bertz CT molecular complexity index is 472. The Morgan fingerprint density at radius 3 is 2.67 bits per heavy atom. The van der Waals surface area contributed by atoms with Crippen LogP contribution >= 0.6 is 0 Å². The van der Waals surface area contributed by atoms with E-state index in [1.54, 1.807) is 0 Å². The lowest BCUT2D eigenvalue weighted by atomic mass is 9.88. The molecule has 1 aliphatic heterocycles. The van der Waals surface area contributed by atoms with Crippen molar-refractivity contribution in [1.82, 2.24) is 4.90 Å². The van der Waals surface area contributed by atoms with Crippen molar-refractivity contribution < 1.29 is 4.79 Å². The van der Waals surface area contributed by atoms with E-state index in [1.807, 2.05) is 44.2 Å². The first kappa shape index (κ1) is 16.0. The van der Waals surface area contributed by atoms with Crippen molar-refractivity contribution in [2.24, 2.45) is 17.1 Å². The van der Waals surface area contributed by atoms with Gasteiger partial charge in [0.2, 0.25) is 5.91 Å². The Balaban J connectivity index is 1.93. The molecule has 2 atom stereocenters. The van der Waals surface area contributed by atoms with Crippen LogP contribution in [0.25, 0.3) is 0 Å². The van der Waals surface area contributed by atoms with Gasteiger partial charge in [-0.3, -0.25) is 4.79 Å². The average molecular weight is 289 g/mol. The number of benzene rings is 1. The second-order valence-electron chi connectivity index (χ2n) is 6.87. The predicted octanol–water partition coefficient (Wildman–Crippen LogP) is 2.32. The minimum absolute atomic E-state index is 0.0564. The molecule has 1 saturated heterocycles. The van der Waals surface area contributed by atoms with Gasteiger partial charge in [-0.2, -0.15) is 0 Å². The first-order valence-corrected chi connectivity index (χ1v) is 7.73. The van der Waals surface area contributed by atoms with Crippen LogP contribution in [0.2, 0.25) is 0 Å². The molecule has 4 heteroatoms. The molecule has 0 aliphatic carbocycles.